The molecule has 0 saturated carbocycles. The van der Waals surface area contributed by atoms with Crippen molar-refractivity contribution in [3.63, 3.8) is 0 Å². The highest BCUT2D eigenvalue weighted by molar-refractivity contribution is 5.95. The SMILES string of the molecule is CC(C)(C)OC(=O)NC1CCCN(c2nc3ncn(CC(=O)c4ccccc4)c(=O)c3n2Cc2ccccc2)C1. The lowest BCUT2D eigenvalue weighted by Gasteiger charge is -2.34. The van der Waals surface area contributed by atoms with Crippen LogP contribution in [0.25, 0.3) is 11.2 Å². The third kappa shape index (κ3) is 6.22. The minimum atomic E-state index is -0.588. The Morgan fingerprint density at radius 1 is 1.05 bits per heavy atom. The molecule has 0 spiro atoms. The molecule has 10 nitrogen and oxygen atoms in total. The van der Waals surface area contributed by atoms with Crippen LogP contribution in [0.15, 0.2) is 71.8 Å². The summed E-state index contributed by atoms with van der Waals surface area (Å²) in [5.74, 6) is 0.427. The van der Waals surface area contributed by atoms with Crippen LogP contribution in [0, 0.1) is 0 Å². The number of ether oxygens (including phenoxy) is 1. The maximum Gasteiger partial charge on any atom is 0.407 e. The summed E-state index contributed by atoms with van der Waals surface area (Å²) in [5.41, 5.74) is 1.27. The van der Waals surface area contributed by atoms with Crippen molar-refractivity contribution in [2.45, 2.75) is 58.3 Å². The molecule has 0 bridgehead atoms. The van der Waals surface area contributed by atoms with Crippen LogP contribution in [-0.2, 0) is 17.8 Å². The molecule has 10 heteroatoms. The summed E-state index contributed by atoms with van der Waals surface area (Å²) < 4.78 is 8.67. The number of carbonyl (C=O) groups is 2. The Morgan fingerprint density at radius 2 is 1.75 bits per heavy atom. The summed E-state index contributed by atoms with van der Waals surface area (Å²) in [7, 11) is 0. The molecule has 1 amide bonds. The maximum absolute atomic E-state index is 13.8. The first kappa shape index (κ1) is 27.1. The summed E-state index contributed by atoms with van der Waals surface area (Å²) in [5, 5.41) is 2.98. The van der Waals surface area contributed by atoms with Crippen LogP contribution in [-0.4, -0.2) is 55.7 Å². The van der Waals surface area contributed by atoms with E-state index in [1.54, 1.807) is 24.3 Å². The monoisotopic (exact) mass is 542 g/mol. The summed E-state index contributed by atoms with van der Waals surface area (Å²) in [4.78, 5) is 50.4. The minimum absolute atomic E-state index is 0.122. The van der Waals surface area contributed by atoms with Gasteiger partial charge in [-0.2, -0.15) is 4.98 Å². The molecule has 1 fully saturated rings. The third-order valence-electron chi connectivity index (χ3n) is 6.73. The van der Waals surface area contributed by atoms with Gasteiger partial charge in [0.25, 0.3) is 5.56 Å². The molecule has 2 aromatic heterocycles. The number of alkyl carbamates (subject to hydrolysis) is 1. The molecule has 40 heavy (non-hydrogen) atoms. The van der Waals surface area contributed by atoms with Gasteiger partial charge >= 0.3 is 6.09 Å². The van der Waals surface area contributed by atoms with E-state index < -0.39 is 11.7 Å². The van der Waals surface area contributed by atoms with Gasteiger partial charge in [0.15, 0.2) is 16.9 Å². The summed E-state index contributed by atoms with van der Waals surface area (Å²) in [6.45, 7) is 7.00. The van der Waals surface area contributed by atoms with E-state index in [0.29, 0.717) is 42.3 Å². The standard InChI is InChI=1S/C30H34N6O4/c1-30(2,3)40-29(39)32-23-15-10-16-34(18-23)28-33-26-25(36(28)17-21-11-6-4-7-12-21)27(38)35(20-31-26)19-24(37)22-13-8-5-9-14-22/h4-9,11-14,20,23H,10,15-19H2,1-3H3,(H,32,39). The zero-order chi connectivity index (χ0) is 28.3. The van der Waals surface area contributed by atoms with Crippen LogP contribution in [0.4, 0.5) is 10.7 Å². The fraction of sp³-hybridized carbons (Fsp3) is 0.367. The Bertz CT molecular complexity index is 1560. The smallest absolute Gasteiger partial charge is 0.407 e. The number of imidazole rings is 1. The predicted octanol–water partition coefficient (Wildman–Crippen LogP) is 4.02. The molecule has 0 radical (unpaired) electrons. The molecule has 1 atom stereocenters. The van der Waals surface area contributed by atoms with E-state index >= 15 is 0 Å². The second-order valence-electron chi connectivity index (χ2n) is 11.1. The average molecular weight is 543 g/mol. The van der Waals surface area contributed by atoms with Crippen LogP contribution in [0.5, 0.6) is 0 Å². The van der Waals surface area contributed by atoms with Crippen molar-refractivity contribution in [3.8, 4) is 0 Å². The Hall–Kier alpha value is -4.47. The largest absolute Gasteiger partial charge is 0.444 e. The van der Waals surface area contributed by atoms with Gasteiger partial charge < -0.3 is 15.0 Å². The molecule has 1 saturated heterocycles. The number of hydrogen-bond donors (Lipinski definition) is 1. The number of ketones is 1. The lowest BCUT2D eigenvalue weighted by molar-refractivity contribution is 0.0499. The lowest BCUT2D eigenvalue weighted by atomic mass is 10.1. The highest BCUT2D eigenvalue weighted by Gasteiger charge is 2.28. The molecule has 1 N–H and O–H groups in total. The van der Waals surface area contributed by atoms with Crippen molar-refractivity contribution in [2.24, 2.45) is 0 Å². The first-order valence-corrected chi connectivity index (χ1v) is 13.5. The number of hydrogen-bond acceptors (Lipinski definition) is 7. The molecule has 1 unspecified atom stereocenters. The quantitative estimate of drug-likeness (QED) is 0.351. The molecule has 0 aliphatic carbocycles. The molecule has 2 aromatic carbocycles. The Kier molecular flexibility index (Phi) is 7.68. The van der Waals surface area contributed by atoms with Crippen molar-refractivity contribution in [2.75, 3.05) is 18.0 Å². The van der Waals surface area contributed by atoms with Crippen LogP contribution < -0.4 is 15.8 Å². The summed E-state index contributed by atoms with van der Waals surface area (Å²) >= 11 is 0. The summed E-state index contributed by atoms with van der Waals surface area (Å²) in [6.07, 6.45) is 2.57. The fourth-order valence-electron chi connectivity index (χ4n) is 4.93. The van der Waals surface area contributed by atoms with E-state index in [1.165, 1.54) is 10.9 Å². The zero-order valence-electron chi connectivity index (χ0n) is 23.0. The number of aromatic nitrogens is 4. The van der Waals surface area contributed by atoms with Crippen molar-refractivity contribution in [1.29, 1.82) is 0 Å². The van der Waals surface area contributed by atoms with E-state index in [2.05, 4.69) is 15.2 Å². The maximum atomic E-state index is 13.8. The number of carbonyl (C=O) groups excluding carboxylic acids is 2. The van der Waals surface area contributed by atoms with Crippen LogP contribution >= 0.6 is 0 Å². The van der Waals surface area contributed by atoms with E-state index in [1.807, 2.05) is 61.7 Å². The predicted molar refractivity (Wildman–Crippen MR) is 153 cm³/mol. The number of benzene rings is 2. The average Bonchev–Trinajstić information content (AvgIpc) is 3.29. The number of Topliss-reactive ketones (excluding diaryl/α,β-unsaturated/α-hetero) is 1. The van der Waals surface area contributed by atoms with Gasteiger partial charge in [-0.3, -0.25) is 18.7 Å². The second kappa shape index (κ2) is 11.3. The first-order chi connectivity index (χ1) is 19.2. The topological polar surface area (TPSA) is 111 Å². The van der Waals surface area contributed by atoms with E-state index in [9.17, 15) is 14.4 Å². The molecule has 1 aliphatic rings. The number of amides is 1. The van der Waals surface area contributed by atoms with Gasteiger partial charge in [0.2, 0.25) is 5.95 Å². The Balaban J connectivity index is 1.49. The molecule has 4 aromatic rings. The second-order valence-corrected chi connectivity index (χ2v) is 11.1. The molecule has 208 valence electrons. The van der Waals surface area contributed by atoms with E-state index in [4.69, 9.17) is 9.72 Å². The normalized spacial score (nSPS) is 15.7. The molecule has 5 rings (SSSR count). The molecule has 3 heterocycles. The van der Waals surface area contributed by atoms with Crippen LogP contribution in [0.3, 0.4) is 0 Å². The number of piperidine rings is 1. The van der Waals surface area contributed by atoms with Gasteiger partial charge in [-0.1, -0.05) is 60.7 Å². The molecular weight excluding hydrogens is 508 g/mol. The van der Waals surface area contributed by atoms with Gasteiger partial charge in [0.05, 0.1) is 13.1 Å². The van der Waals surface area contributed by atoms with Crippen molar-refractivity contribution >= 4 is 29.0 Å². The van der Waals surface area contributed by atoms with Crippen molar-refractivity contribution in [3.05, 3.63) is 88.5 Å². The molecular formula is C30H34N6O4. The fourth-order valence-corrected chi connectivity index (χ4v) is 4.93. The van der Waals surface area contributed by atoms with Crippen molar-refractivity contribution in [1.82, 2.24) is 24.4 Å². The first-order valence-electron chi connectivity index (χ1n) is 13.5. The zero-order valence-corrected chi connectivity index (χ0v) is 23.0. The van der Waals surface area contributed by atoms with Crippen LogP contribution in [0.1, 0.15) is 49.5 Å². The number of anilines is 1. The number of fused-ring (bicyclic) bond motifs is 1. The number of nitrogens with one attached hydrogen (secondary N) is 1. The van der Waals surface area contributed by atoms with Crippen molar-refractivity contribution < 1.29 is 14.3 Å². The van der Waals surface area contributed by atoms with Gasteiger partial charge in [0, 0.05) is 24.7 Å². The van der Waals surface area contributed by atoms with Gasteiger partial charge in [-0.15, -0.1) is 0 Å². The Labute approximate surface area is 232 Å². The minimum Gasteiger partial charge on any atom is -0.444 e. The number of nitrogens with zero attached hydrogens (tertiary/aromatic N) is 5. The van der Waals surface area contributed by atoms with E-state index in [0.717, 1.165) is 18.4 Å². The van der Waals surface area contributed by atoms with E-state index in [-0.39, 0.29) is 23.9 Å². The van der Waals surface area contributed by atoms with Gasteiger partial charge in [-0.05, 0) is 39.2 Å². The van der Waals surface area contributed by atoms with Crippen LogP contribution in [0.2, 0.25) is 0 Å². The molecule has 1 aliphatic heterocycles. The lowest BCUT2D eigenvalue weighted by Crippen LogP contribution is -2.49. The Morgan fingerprint density at radius 3 is 2.45 bits per heavy atom. The van der Waals surface area contributed by atoms with Gasteiger partial charge in [0.1, 0.15) is 11.9 Å². The third-order valence-corrected chi connectivity index (χ3v) is 6.73. The van der Waals surface area contributed by atoms with Gasteiger partial charge in [-0.25, -0.2) is 9.78 Å². The number of rotatable bonds is 7. The highest BCUT2D eigenvalue weighted by atomic mass is 16.6. The highest BCUT2D eigenvalue weighted by Crippen LogP contribution is 2.24. The summed E-state index contributed by atoms with van der Waals surface area (Å²) in [6, 6.07) is 18.6.